The fourth-order valence-electron chi connectivity index (χ4n) is 2.77. The van der Waals surface area contributed by atoms with E-state index in [-0.39, 0.29) is 35.4 Å². The number of likely N-dealkylation sites (tertiary alicyclic amines) is 1. The third-order valence-corrected chi connectivity index (χ3v) is 4.89. The van der Waals surface area contributed by atoms with Crippen molar-refractivity contribution in [1.29, 1.82) is 0 Å². The van der Waals surface area contributed by atoms with Crippen LogP contribution >= 0.6 is 11.3 Å². The average molecular weight is 377 g/mol. The van der Waals surface area contributed by atoms with E-state index < -0.39 is 0 Å². The SMILES string of the molecule is CCOC(=O)C1CCCN(C(=O)c2coc(NC(=O)c3cccs3)n2)C1. The number of oxazole rings is 1. The summed E-state index contributed by atoms with van der Waals surface area (Å²) in [5.41, 5.74) is 0.0935. The summed E-state index contributed by atoms with van der Waals surface area (Å²) < 4.78 is 10.2. The molecule has 1 fully saturated rings. The van der Waals surface area contributed by atoms with Crippen molar-refractivity contribution in [1.82, 2.24) is 9.88 Å². The standard InChI is InChI=1S/C17H19N3O5S/c1-2-24-16(23)11-5-3-7-20(9-11)15(22)12-10-25-17(18-12)19-14(21)13-6-4-8-26-13/h4,6,8,10-11H,2-3,5,7,9H2,1H3,(H,18,19,21). The summed E-state index contributed by atoms with van der Waals surface area (Å²) >= 11 is 1.29. The van der Waals surface area contributed by atoms with Gasteiger partial charge < -0.3 is 14.1 Å². The normalized spacial score (nSPS) is 17.0. The van der Waals surface area contributed by atoms with Gasteiger partial charge in [-0.15, -0.1) is 11.3 Å². The molecule has 2 aromatic rings. The number of nitrogens with zero attached hydrogens (tertiary/aromatic N) is 2. The quantitative estimate of drug-likeness (QED) is 0.803. The van der Waals surface area contributed by atoms with Gasteiger partial charge in [0.1, 0.15) is 6.26 Å². The number of aromatic nitrogens is 1. The minimum Gasteiger partial charge on any atom is -0.466 e. The average Bonchev–Trinajstić information content (AvgIpc) is 3.33. The Morgan fingerprint density at radius 3 is 3.04 bits per heavy atom. The van der Waals surface area contributed by atoms with Gasteiger partial charge in [-0.1, -0.05) is 6.07 Å². The maximum Gasteiger partial charge on any atom is 0.310 e. The Kier molecular flexibility index (Phi) is 5.67. The molecule has 138 valence electrons. The highest BCUT2D eigenvalue weighted by atomic mass is 32.1. The molecule has 0 radical (unpaired) electrons. The monoisotopic (exact) mass is 377 g/mol. The van der Waals surface area contributed by atoms with Crippen molar-refractivity contribution in [2.45, 2.75) is 19.8 Å². The molecule has 1 aliphatic rings. The van der Waals surface area contributed by atoms with Crippen molar-refractivity contribution < 1.29 is 23.5 Å². The Balaban J connectivity index is 1.62. The topological polar surface area (TPSA) is 102 Å². The molecular weight excluding hydrogens is 358 g/mol. The maximum atomic E-state index is 12.6. The molecule has 0 saturated carbocycles. The largest absolute Gasteiger partial charge is 0.466 e. The number of rotatable bonds is 5. The summed E-state index contributed by atoms with van der Waals surface area (Å²) in [5, 5.41) is 4.30. The second kappa shape index (κ2) is 8.13. The number of hydrogen-bond donors (Lipinski definition) is 1. The predicted molar refractivity (Wildman–Crippen MR) is 94.0 cm³/mol. The fourth-order valence-corrected chi connectivity index (χ4v) is 3.39. The van der Waals surface area contributed by atoms with Crippen molar-refractivity contribution >= 4 is 35.1 Å². The molecular formula is C17H19N3O5S. The summed E-state index contributed by atoms with van der Waals surface area (Å²) in [6.45, 7) is 2.91. The summed E-state index contributed by atoms with van der Waals surface area (Å²) in [5.74, 6) is -1.29. The third-order valence-electron chi connectivity index (χ3n) is 4.02. The first-order chi connectivity index (χ1) is 12.6. The molecule has 8 nitrogen and oxygen atoms in total. The lowest BCUT2D eigenvalue weighted by molar-refractivity contribution is -0.149. The van der Waals surface area contributed by atoms with Crippen molar-refractivity contribution in [3.05, 3.63) is 34.3 Å². The zero-order chi connectivity index (χ0) is 18.5. The van der Waals surface area contributed by atoms with Gasteiger partial charge in [-0.2, -0.15) is 4.98 Å². The van der Waals surface area contributed by atoms with E-state index in [9.17, 15) is 14.4 Å². The number of carbonyl (C=O) groups is 3. The van der Waals surface area contributed by atoms with Gasteiger partial charge in [-0.05, 0) is 31.2 Å². The number of nitrogens with one attached hydrogen (secondary N) is 1. The highest BCUT2D eigenvalue weighted by Gasteiger charge is 2.31. The molecule has 26 heavy (non-hydrogen) atoms. The molecule has 1 unspecified atom stereocenters. The molecule has 0 aromatic carbocycles. The molecule has 0 aliphatic carbocycles. The molecule has 0 spiro atoms. The fraction of sp³-hybridized carbons (Fsp3) is 0.412. The van der Waals surface area contributed by atoms with Gasteiger partial charge in [-0.3, -0.25) is 19.7 Å². The smallest absolute Gasteiger partial charge is 0.310 e. The number of anilines is 1. The van der Waals surface area contributed by atoms with Crippen molar-refractivity contribution in [2.75, 3.05) is 25.0 Å². The summed E-state index contributed by atoms with van der Waals surface area (Å²) in [6, 6.07) is 3.41. The van der Waals surface area contributed by atoms with E-state index in [1.165, 1.54) is 17.6 Å². The Labute approximate surface area is 154 Å². The van der Waals surface area contributed by atoms with Crippen molar-refractivity contribution in [3.8, 4) is 0 Å². The van der Waals surface area contributed by atoms with Crippen LogP contribution in [0.1, 0.15) is 39.9 Å². The zero-order valence-electron chi connectivity index (χ0n) is 14.3. The Morgan fingerprint density at radius 2 is 2.31 bits per heavy atom. The van der Waals surface area contributed by atoms with E-state index in [0.29, 0.717) is 31.0 Å². The lowest BCUT2D eigenvalue weighted by Gasteiger charge is -2.30. The predicted octanol–water partition coefficient (Wildman–Crippen LogP) is 2.40. The van der Waals surface area contributed by atoms with Gasteiger partial charge in [0.25, 0.3) is 11.8 Å². The number of amides is 2. The molecule has 1 atom stereocenters. The van der Waals surface area contributed by atoms with E-state index in [2.05, 4.69) is 10.3 Å². The van der Waals surface area contributed by atoms with Crippen LogP contribution in [0, 0.1) is 5.92 Å². The molecule has 2 aromatic heterocycles. The van der Waals surface area contributed by atoms with E-state index >= 15 is 0 Å². The van der Waals surface area contributed by atoms with Crippen LogP contribution in [0.4, 0.5) is 6.01 Å². The first-order valence-electron chi connectivity index (χ1n) is 8.34. The lowest BCUT2D eigenvalue weighted by Crippen LogP contribution is -2.43. The molecule has 3 rings (SSSR count). The van der Waals surface area contributed by atoms with Gasteiger partial charge in [0, 0.05) is 13.1 Å². The molecule has 9 heteroatoms. The highest BCUT2D eigenvalue weighted by Crippen LogP contribution is 2.21. The van der Waals surface area contributed by atoms with E-state index in [1.807, 2.05) is 0 Å². The van der Waals surface area contributed by atoms with Crippen LogP contribution in [0.2, 0.25) is 0 Å². The summed E-state index contributed by atoms with van der Waals surface area (Å²) in [4.78, 5) is 42.6. The van der Waals surface area contributed by atoms with Crippen LogP contribution in [-0.2, 0) is 9.53 Å². The second-order valence-corrected chi connectivity index (χ2v) is 6.76. The number of esters is 1. The molecule has 3 heterocycles. The van der Waals surface area contributed by atoms with Gasteiger partial charge in [0.05, 0.1) is 17.4 Å². The zero-order valence-corrected chi connectivity index (χ0v) is 15.1. The first-order valence-corrected chi connectivity index (χ1v) is 9.22. The molecule has 1 saturated heterocycles. The van der Waals surface area contributed by atoms with Crippen LogP contribution in [0.3, 0.4) is 0 Å². The third kappa shape index (κ3) is 4.10. The number of hydrogen-bond acceptors (Lipinski definition) is 7. The van der Waals surface area contributed by atoms with Crippen LogP contribution in [0.15, 0.2) is 28.2 Å². The Bertz CT molecular complexity index is 786. The van der Waals surface area contributed by atoms with E-state index in [4.69, 9.17) is 9.15 Å². The van der Waals surface area contributed by atoms with Crippen molar-refractivity contribution in [2.24, 2.45) is 5.92 Å². The Hall–Kier alpha value is -2.68. The van der Waals surface area contributed by atoms with Gasteiger partial charge >= 0.3 is 12.0 Å². The van der Waals surface area contributed by atoms with Crippen LogP contribution in [0.25, 0.3) is 0 Å². The van der Waals surface area contributed by atoms with E-state index in [1.54, 1.807) is 29.3 Å². The van der Waals surface area contributed by atoms with Gasteiger partial charge in [0.2, 0.25) is 0 Å². The lowest BCUT2D eigenvalue weighted by atomic mass is 9.98. The number of thiophene rings is 1. The van der Waals surface area contributed by atoms with Gasteiger partial charge in [-0.25, -0.2) is 0 Å². The first kappa shape index (κ1) is 18.1. The van der Waals surface area contributed by atoms with Crippen molar-refractivity contribution in [3.63, 3.8) is 0 Å². The molecule has 2 amide bonds. The highest BCUT2D eigenvalue weighted by molar-refractivity contribution is 7.12. The number of carbonyl (C=O) groups excluding carboxylic acids is 3. The van der Waals surface area contributed by atoms with Crippen LogP contribution in [0.5, 0.6) is 0 Å². The van der Waals surface area contributed by atoms with Gasteiger partial charge in [0.15, 0.2) is 5.69 Å². The Morgan fingerprint density at radius 1 is 1.46 bits per heavy atom. The molecule has 1 N–H and O–H groups in total. The molecule has 0 bridgehead atoms. The van der Waals surface area contributed by atoms with Crippen LogP contribution in [-0.4, -0.2) is 47.4 Å². The number of ether oxygens (including phenoxy) is 1. The summed E-state index contributed by atoms with van der Waals surface area (Å²) in [7, 11) is 0. The summed E-state index contributed by atoms with van der Waals surface area (Å²) in [6.07, 6.45) is 2.62. The second-order valence-electron chi connectivity index (χ2n) is 5.81. The van der Waals surface area contributed by atoms with Crippen LogP contribution < -0.4 is 5.32 Å². The number of piperidine rings is 1. The van der Waals surface area contributed by atoms with E-state index in [0.717, 1.165) is 6.42 Å². The molecule has 1 aliphatic heterocycles. The minimum atomic E-state index is -0.346. The maximum absolute atomic E-state index is 12.6. The minimum absolute atomic E-state index is 0.0364.